The van der Waals surface area contributed by atoms with Gasteiger partial charge in [0.15, 0.2) is 0 Å². The van der Waals surface area contributed by atoms with E-state index in [0.717, 1.165) is 19.3 Å². The van der Waals surface area contributed by atoms with Crippen molar-refractivity contribution in [2.75, 3.05) is 57.8 Å². The molecule has 1 fully saturated rings. The summed E-state index contributed by atoms with van der Waals surface area (Å²) in [5.74, 6) is -1.10. The predicted molar refractivity (Wildman–Crippen MR) is 150 cm³/mol. The summed E-state index contributed by atoms with van der Waals surface area (Å²) < 4.78 is 70.6. The number of carbonyl (C=O) groups is 1. The topological polar surface area (TPSA) is 135 Å². The monoisotopic (exact) mass is 584 g/mol. The van der Waals surface area contributed by atoms with Crippen molar-refractivity contribution in [2.24, 2.45) is 0 Å². The van der Waals surface area contributed by atoms with Crippen LogP contribution < -0.4 is 0 Å². The van der Waals surface area contributed by atoms with Crippen molar-refractivity contribution in [2.45, 2.75) is 90.7 Å². The molecule has 1 rings (SSSR count). The summed E-state index contributed by atoms with van der Waals surface area (Å²) in [4.78, 5) is 12.6. The highest BCUT2D eigenvalue weighted by Crippen LogP contribution is 2.28. The Morgan fingerprint density at radius 1 is 0.816 bits per heavy atom. The number of quaternary nitrogens is 2. The molecule has 224 valence electrons. The van der Waals surface area contributed by atoms with E-state index in [2.05, 4.69) is 13.5 Å². The van der Waals surface area contributed by atoms with Crippen LogP contribution in [0.2, 0.25) is 0 Å². The van der Waals surface area contributed by atoms with Gasteiger partial charge in [-0.1, -0.05) is 58.4 Å². The molecule has 1 saturated heterocycles. The molecule has 0 amide bonds. The molecule has 1 aliphatic heterocycles. The summed E-state index contributed by atoms with van der Waals surface area (Å²) in [6, 6.07) is 0. The van der Waals surface area contributed by atoms with E-state index < -0.39 is 32.4 Å². The van der Waals surface area contributed by atoms with Gasteiger partial charge in [-0.25, -0.2) is 4.79 Å². The number of hydrogen-bond acceptors (Lipinski definition) is 6. The number of carbonyl (C=O) groups excluding carboxylic acids is 1. The van der Waals surface area contributed by atoms with Crippen LogP contribution >= 0.6 is 0 Å². The first-order valence-corrected chi connectivity index (χ1v) is 17.3. The lowest BCUT2D eigenvalue weighted by Crippen LogP contribution is -2.69. The maximum atomic E-state index is 12.6. The van der Waals surface area contributed by atoms with Gasteiger partial charge in [-0.15, -0.1) is 0 Å². The van der Waals surface area contributed by atoms with Crippen molar-refractivity contribution in [3.05, 3.63) is 12.2 Å². The highest BCUT2D eigenvalue weighted by molar-refractivity contribution is 7.86. The SMILES string of the molecule is C=C(C)C(=O)OC(CCCCCCCCCC)[N+]1(CCCS(=O)(=O)O)CC[N+](C)(CCCS(=O)(=O)O)CC1. The van der Waals surface area contributed by atoms with E-state index in [1.165, 1.54) is 32.1 Å². The van der Waals surface area contributed by atoms with Gasteiger partial charge in [-0.2, -0.15) is 16.8 Å². The summed E-state index contributed by atoms with van der Waals surface area (Å²) in [7, 11) is -6.09. The third-order valence-electron chi connectivity index (χ3n) is 7.78. The van der Waals surface area contributed by atoms with E-state index in [9.17, 15) is 26.2 Å². The van der Waals surface area contributed by atoms with Crippen molar-refractivity contribution >= 4 is 26.2 Å². The first kappa shape index (κ1) is 35.0. The molecule has 0 radical (unpaired) electrons. The van der Waals surface area contributed by atoms with Crippen LogP contribution in [-0.2, 0) is 29.8 Å². The van der Waals surface area contributed by atoms with Crippen LogP contribution in [0.3, 0.4) is 0 Å². The van der Waals surface area contributed by atoms with Crippen molar-refractivity contribution in [1.29, 1.82) is 0 Å². The summed E-state index contributed by atoms with van der Waals surface area (Å²) in [6.07, 6.45) is 9.97. The average molecular weight is 585 g/mol. The van der Waals surface area contributed by atoms with Crippen LogP contribution in [0.4, 0.5) is 0 Å². The fraction of sp³-hybridized carbons (Fsp3) is 0.885. The van der Waals surface area contributed by atoms with E-state index >= 15 is 0 Å². The number of likely N-dealkylation sites (N-methyl/N-ethyl adjacent to an activating group) is 1. The Bertz CT molecular complexity index is 942. The predicted octanol–water partition coefficient (Wildman–Crippen LogP) is 3.80. The Morgan fingerprint density at radius 3 is 1.76 bits per heavy atom. The molecule has 10 nitrogen and oxygen atoms in total. The molecular formula is C26H52N2O8S2+2. The molecule has 0 bridgehead atoms. The number of ether oxygens (including phenoxy) is 1. The standard InChI is InChI=1S/C26H50N2O8S2/c1-5-6-7-8-9-10-11-12-15-25(36-26(29)24(2)3)28(17-14-23-38(33,34)35)20-18-27(4,19-21-28)16-13-22-37(30,31)32/h25H,2,5-23H2,1,3-4H3/p+2. The number of rotatable bonds is 20. The first-order chi connectivity index (χ1) is 17.6. The van der Waals surface area contributed by atoms with Crippen LogP contribution in [0, 0.1) is 0 Å². The molecule has 12 heteroatoms. The first-order valence-electron chi connectivity index (χ1n) is 14.1. The normalized spacial score (nSPS) is 23.2. The molecule has 0 aromatic carbocycles. The highest BCUT2D eigenvalue weighted by atomic mass is 32.2. The van der Waals surface area contributed by atoms with Gasteiger partial charge < -0.3 is 9.22 Å². The largest absolute Gasteiger partial charge is 0.409 e. The van der Waals surface area contributed by atoms with Crippen molar-refractivity contribution in [1.82, 2.24) is 0 Å². The van der Waals surface area contributed by atoms with E-state index in [1.807, 2.05) is 7.05 Å². The minimum absolute atomic E-state index is 0.240. The Balaban J connectivity index is 2.97. The molecule has 0 saturated carbocycles. The zero-order valence-electron chi connectivity index (χ0n) is 23.8. The number of hydrogen-bond donors (Lipinski definition) is 2. The highest BCUT2D eigenvalue weighted by Gasteiger charge is 2.46. The van der Waals surface area contributed by atoms with E-state index in [4.69, 9.17) is 9.29 Å². The average Bonchev–Trinajstić information content (AvgIpc) is 2.79. The second-order valence-electron chi connectivity index (χ2n) is 11.4. The molecule has 2 N–H and O–H groups in total. The molecule has 0 aliphatic carbocycles. The van der Waals surface area contributed by atoms with Crippen LogP contribution in [0.1, 0.15) is 84.5 Å². The fourth-order valence-corrected chi connectivity index (χ4v) is 6.28. The molecule has 0 spiro atoms. The van der Waals surface area contributed by atoms with Crippen LogP contribution in [-0.4, -0.2) is 105 Å². The maximum absolute atomic E-state index is 12.6. The van der Waals surface area contributed by atoms with Crippen LogP contribution in [0.15, 0.2) is 12.2 Å². The van der Waals surface area contributed by atoms with Gasteiger partial charge in [0.25, 0.3) is 20.2 Å². The second-order valence-corrected chi connectivity index (χ2v) is 14.5. The Morgan fingerprint density at radius 2 is 1.29 bits per heavy atom. The minimum atomic E-state index is -4.11. The molecule has 0 aromatic heterocycles. The van der Waals surface area contributed by atoms with Gasteiger partial charge in [-0.3, -0.25) is 13.6 Å². The van der Waals surface area contributed by atoms with Crippen molar-refractivity contribution < 1.29 is 44.4 Å². The zero-order valence-corrected chi connectivity index (χ0v) is 25.4. The summed E-state index contributed by atoms with van der Waals surface area (Å²) >= 11 is 0. The Hall–Kier alpha value is -1.05. The minimum Gasteiger partial charge on any atom is -0.409 e. The maximum Gasteiger partial charge on any atom is 0.337 e. The van der Waals surface area contributed by atoms with E-state index in [1.54, 1.807) is 6.92 Å². The van der Waals surface area contributed by atoms with E-state index in [-0.39, 0.29) is 17.9 Å². The summed E-state index contributed by atoms with van der Waals surface area (Å²) in [5.41, 5.74) is 0.310. The molecule has 1 aliphatic rings. The van der Waals surface area contributed by atoms with E-state index in [0.29, 0.717) is 66.6 Å². The second kappa shape index (κ2) is 16.3. The molecule has 38 heavy (non-hydrogen) atoms. The number of esters is 1. The van der Waals surface area contributed by atoms with Gasteiger partial charge in [0.1, 0.15) is 26.2 Å². The van der Waals surface area contributed by atoms with Crippen molar-refractivity contribution in [3.63, 3.8) is 0 Å². The zero-order chi connectivity index (χ0) is 28.9. The number of unbranched alkanes of at least 4 members (excludes halogenated alkanes) is 7. The molecule has 1 unspecified atom stereocenters. The van der Waals surface area contributed by atoms with Gasteiger partial charge >= 0.3 is 5.97 Å². The molecule has 0 aromatic rings. The van der Waals surface area contributed by atoms with Gasteiger partial charge in [0, 0.05) is 24.8 Å². The molecule has 1 atom stereocenters. The lowest BCUT2D eigenvalue weighted by Gasteiger charge is -2.51. The number of nitrogens with zero attached hydrogens (tertiary/aromatic N) is 2. The molecular weight excluding hydrogens is 532 g/mol. The fourth-order valence-electron chi connectivity index (χ4n) is 5.30. The third kappa shape index (κ3) is 14.4. The summed E-state index contributed by atoms with van der Waals surface area (Å²) in [5, 5.41) is 0. The van der Waals surface area contributed by atoms with Crippen LogP contribution in [0.5, 0.6) is 0 Å². The summed E-state index contributed by atoms with van der Waals surface area (Å²) in [6.45, 7) is 11.2. The lowest BCUT2D eigenvalue weighted by molar-refractivity contribution is -1.04. The van der Waals surface area contributed by atoms with Gasteiger partial charge in [0.05, 0.1) is 31.6 Å². The van der Waals surface area contributed by atoms with Crippen molar-refractivity contribution in [3.8, 4) is 0 Å². The molecule has 1 heterocycles. The third-order valence-corrected chi connectivity index (χ3v) is 9.39. The van der Waals surface area contributed by atoms with Gasteiger partial charge in [0.2, 0.25) is 6.23 Å². The van der Waals surface area contributed by atoms with Crippen LogP contribution in [0.25, 0.3) is 0 Å². The number of piperazine rings is 1. The quantitative estimate of drug-likeness (QED) is 0.0726. The Kier molecular flexibility index (Phi) is 15.0. The Labute approximate surface area is 231 Å². The van der Waals surface area contributed by atoms with Gasteiger partial charge in [-0.05, 0) is 13.3 Å². The lowest BCUT2D eigenvalue weighted by atomic mass is 10.0. The smallest absolute Gasteiger partial charge is 0.337 e.